The SMILES string of the molecule is COC1CCC(OC(C)(C)CC(C)(C)C(C)=O)CC1. The summed E-state index contributed by atoms with van der Waals surface area (Å²) in [6.07, 6.45) is 5.74. The Morgan fingerprint density at radius 3 is 1.95 bits per heavy atom. The normalized spacial score (nSPS) is 25.4. The average Bonchev–Trinajstić information content (AvgIpc) is 2.27. The molecule has 1 aliphatic carbocycles. The maximum absolute atomic E-state index is 11.6. The van der Waals surface area contributed by atoms with Gasteiger partial charge in [-0.1, -0.05) is 13.8 Å². The van der Waals surface area contributed by atoms with Crippen molar-refractivity contribution in [3.8, 4) is 0 Å². The van der Waals surface area contributed by atoms with Gasteiger partial charge in [-0.2, -0.15) is 0 Å². The smallest absolute Gasteiger partial charge is 0.135 e. The van der Waals surface area contributed by atoms with E-state index in [1.165, 1.54) is 0 Å². The Hall–Kier alpha value is -0.410. The average molecular weight is 270 g/mol. The molecule has 0 aromatic rings. The van der Waals surface area contributed by atoms with Crippen LogP contribution < -0.4 is 0 Å². The van der Waals surface area contributed by atoms with Crippen LogP contribution >= 0.6 is 0 Å². The first-order chi connectivity index (χ1) is 8.66. The Morgan fingerprint density at radius 2 is 1.53 bits per heavy atom. The van der Waals surface area contributed by atoms with Gasteiger partial charge in [-0.15, -0.1) is 0 Å². The number of ketones is 1. The molecule has 0 radical (unpaired) electrons. The van der Waals surface area contributed by atoms with Crippen LogP contribution in [-0.2, 0) is 14.3 Å². The number of carbonyl (C=O) groups is 1. The van der Waals surface area contributed by atoms with Crippen LogP contribution in [0, 0.1) is 5.41 Å². The minimum Gasteiger partial charge on any atom is -0.381 e. The van der Waals surface area contributed by atoms with Crippen LogP contribution in [-0.4, -0.2) is 30.7 Å². The van der Waals surface area contributed by atoms with Crippen molar-refractivity contribution in [2.45, 2.75) is 84.5 Å². The van der Waals surface area contributed by atoms with Crippen molar-refractivity contribution < 1.29 is 14.3 Å². The number of methoxy groups -OCH3 is 1. The van der Waals surface area contributed by atoms with Crippen molar-refractivity contribution in [1.82, 2.24) is 0 Å². The second kappa shape index (κ2) is 6.36. The van der Waals surface area contributed by atoms with E-state index < -0.39 is 0 Å². The van der Waals surface area contributed by atoms with Gasteiger partial charge in [0, 0.05) is 12.5 Å². The van der Waals surface area contributed by atoms with Crippen LogP contribution in [0.2, 0.25) is 0 Å². The van der Waals surface area contributed by atoms with E-state index in [0.29, 0.717) is 12.2 Å². The summed E-state index contributed by atoms with van der Waals surface area (Å²) in [7, 11) is 1.78. The predicted octanol–water partition coefficient (Wildman–Crippen LogP) is 3.74. The molecular formula is C16H30O3. The Kier molecular flexibility index (Phi) is 5.57. The van der Waals surface area contributed by atoms with E-state index in [9.17, 15) is 4.79 Å². The van der Waals surface area contributed by atoms with Crippen molar-refractivity contribution in [2.75, 3.05) is 7.11 Å². The molecule has 112 valence electrons. The van der Waals surface area contributed by atoms with Crippen LogP contribution in [0.1, 0.15) is 66.7 Å². The van der Waals surface area contributed by atoms with Crippen LogP contribution in [0.15, 0.2) is 0 Å². The molecule has 1 saturated carbocycles. The molecule has 19 heavy (non-hydrogen) atoms. The first-order valence-corrected chi connectivity index (χ1v) is 7.38. The van der Waals surface area contributed by atoms with E-state index in [1.807, 2.05) is 13.8 Å². The van der Waals surface area contributed by atoms with Crippen molar-refractivity contribution >= 4 is 5.78 Å². The molecule has 0 spiro atoms. The zero-order valence-electron chi connectivity index (χ0n) is 13.4. The summed E-state index contributed by atoms with van der Waals surface area (Å²) in [5.74, 6) is 0.229. The summed E-state index contributed by atoms with van der Waals surface area (Å²) in [5, 5.41) is 0. The van der Waals surface area contributed by atoms with Gasteiger partial charge >= 0.3 is 0 Å². The van der Waals surface area contributed by atoms with Gasteiger partial charge < -0.3 is 9.47 Å². The molecule has 0 amide bonds. The highest BCUT2D eigenvalue weighted by Gasteiger charge is 2.35. The number of rotatable bonds is 6. The van der Waals surface area contributed by atoms with Gasteiger partial charge in [-0.25, -0.2) is 0 Å². The molecule has 0 saturated heterocycles. The van der Waals surface area contributed by atoms with Crippen LogP contribution in [0.25, 0.3) is 0 Å². The number of ether oxygens (including phenoxy) is 2. The Labute approximate surface area is 118 Å². The predicted molar refractivity (Wildman–Crippen MR) is 77.3 cm³/mol. The fourth-order valence-corrected chi connectivity index (χ4v) is 3.07. The fourth-order valence-electron chi connectivity index (χ4n) is 3.07. The van der Waals surface area contributed by atoms with Crippen LogP contribution in [0.4, 0.5) is 0 Å². The third-order valence-corrected chi connectivity index (χ3v) is 4.26. The lowest BCUT2D eigenvalue weighted by atomic mass is 9.78. The molecule has 3 heteroatoms. The molecule has 0 aromatic heterocycles. The van der Waals surface area contributed by atoms with Gasteiger partial charge in [0.05, 0.1) is 17.8 Å². The van der Waals surface area contributed by atoms with Crippen molar-refractivity contribution in [2.24, 2.45) is 5.41 Å². The van der Waals surface area contributed by atoms with E-state index in [2.05, 4.69) is 13.8 Å². The fraction of sp³-hybridized carbons (Fsp3) is 0.938. The summed E-state index contributed by atoms with van der Waals surface area (Å²) in [4.78, 5) is 11.6. The summed E-state index contributed by atoms with van der Waals surface area (Å²) >= 11 is 0. The molecular weight excluding hydrogens is 240 g/mol. The quantitative estimate of drug-likeness (QED) is 0.737. The second-order valence-electron chi connectivity index (χ2n) is 7.13. The topological polar surface area (TPSA) is 35.5 Å². The molecule has 0 unspecified atom stereocenters. The lowest BCUT2D eigenvalue weighted by Gasteiger charge is -2.38. The Bertz CT molecular complexity index is 299. The summed E-state index contributed by atoms with van der Waals surface area (Å²) in [6.45, 7) is 9.87. The zero-order valence-corrected chi connectivity index (χ0v) is 13.4. The van der Waals surface area contributed by atoms with Crippen molar-refractivity contribution in [1.29, 1.82) is 0 Å². The van der Waals surface area contributed by atoms with Gasteiger partial charge in [0.25, 0.3) is 0 Å². The summed E-state index contributed by atoms with van der Waals surface area (Å²) < 4.78 is 11.6. The summed E-state index contributed by atoms with van der Waals surface area (Å²) in [6, 6.07) is 0. The third-order valence-electron chi connectivity index (χ3n) is 4.26. The maximum atomic E-state index is 11.6. The number of hydrogen-bond acceptors (Lipinski definition) is 3. The Balaban J connectivity index is 2.49. The van der Waals surface area contributed by atoms with Gasteiger partial charge in [0.15, 0.2) is 0 Å². The number of carbonyl (C=O) groups excluding carboxylic acids is 1. The number of hydrogen-bond donors (Lipinski definition) is 0. The Morgan fingerprint density at radius 1 is 1.05 bits per heavy atom. The zero-order chi connectivity index (χ0) is 14.7. The third kappa shape index (κ3) is 5.23. The van der Waals surface area contributed by atoms with E-state index in [4.69, 9.17) is 9.47 Å². The molecule has 1 rings (SSSR count). The van der Waals surface area contributed by atoms with E-state index in [1.54, 1.807) is 14.0 Å². The molecule has 3 nitrogen and oxygen atoms in total. The molecule has 0 atom stereocenters. The molecule has 1 fully saturated rings. The lowest BCUT2D eigenvalue weighted by molar-refractivity contribution is -0.137. The highest BCUT2D eigenvalue weighted by molar-refractivity contribution is 5.81. The highest BCUT2D eigenvalue weighted by atomic mass is 16.5. The molecule has 0 aromatic carbocycles. The maximum Gasteiger partial charge on any atom is 0.135 e. The van der Waals surface area contributed by atoms with Gasteiger partial charge in [-0.3, -0.25) is 4.79 Å². The van der Waals surface area contributed by atoms with Crippen LogP contribution in [0.3, 0.4) is 0 Å². The van der Waals surface area contributed by atoms with Crippen molar-refractivity contribution in [3.05, 3.63) is 0 Å². The van der Waals surface area contributed by atoms with Crippen molar-refractivity contribution in [3.63, 3.8) is 0 Å². The molecule has 0 N–H and O–H groups in total. The number of Topliss-reactive ketones (excluding diaryl/α,β-unsaturated/α-hetero) is 1. The lowest BCUT2D eigenvalue weighted by Crippen LogP contribution is -2.39. The van der Waals surface area contributed by atoms with Gasteiger partial charge in [0.2, 0.25) is 0 Å². The second-order valence-corrected chi connectivity index (χ2v) is 7.13. The first kappa shape index (κ1) is 16.6. The molecule has 0 bridgehead atoms. The highest BCUT2D eigenvalue weighted by Crippen LogP contribution is 2.34. The minimum atomic E-state index is -0.312. The van der Waals surface area contributed by atoms with E-state index in [0.717, 1.165) is 32.1 Å². The monoisotopic (exact) mass is 270 g/mol. The van der Waals surface area contributed by atoms with Gasteiger partial charge in [-0.05, 0) is 52.9 Å². The van der Waals surface area contributed by atoms with Crippen LogP contribution in [0.5, 0.6) is 0 Å². The van der Waals surface area contributed by atoms with E-state index >= 15 is 0 Å². The standard InChI is InChI=1S/C16H30O3/c1-12(17)15(2,3)11-16(4,5)19-14-9-7-13(18-6)8-10-14/h13-14H,7-11H2,1-6H3. The summed E-state index contributed by atoms with van der Waals surface area (Å²) in [5.41, 5.74) is -0.563. The largest absolute Gasteiger partial charge is 0.381 e. The molecule has 0 aliphatic heterocycles. The first-order valence-electron chi connectivity index (χ1n) is 7.38. The van der Waals surface area contributed by atoms with E-state index in [-0.39, 0.29) is 16.8 Å². The molecule has 1 aliphatic rings. The molecule has 0 heterocycles. The minimum absolute atomic E-state index is 0.229. The van der Waals surface area contributed by atoms with Gasteiger partial charge in [0.1, 0.15) is 5.78 Å².